The first-order valence-electron chi connectivity index (χ1n) is 8.26. The van der Waals surface area contributed by atoms with Gasteiger partial charge < -0.3 is 5.32 Å². The number of aryl methyl sites for hydroxylation is 2. The van der Waals surface area contributed by atoms with Gasteiger partial charge in [0.25, 0.3) is 0 Å². The van der Waals surface area contributed by atoms with Crippen molar-refractivity contribution in [3.63, 3.8) is 0 Å². The van der Waals surface area contributed by atoms with Crippen molar-refractivity contribution in [1.82, 2.24) is 24.5 Å². The van der Waals surface area contributed by atoms with E-state index < -0.39 is 21.9 Å². The summed E-state index contributed by atoms with van der Waals surface area (Å²) >= 11 is 0. The number of anilines is 1. The van der Waals surface area contributed by atoms with E-state index in [0.29, 0.717) is 24.2 Å². The van der Waals surface area contributed by atoms with Crippen LogP contribution in [-0.4, -0.2) is 52.0 Å². The van der Waals surface area contributed by atoms with E-state index in [2.05, 4.69) is 25.5 Å². The van der Waals surface area contributed by atoms with Gasteiger partial charge in [-0.2, -0.15) is 22.6 Å². The summed E-state index contributed by atoms with van der Waals surface area (Å²) in [5.41, 5.74) is -0.132. The van der Waals surface area contributed by atoms with E-state index in [4.69, 9.17) is 0 Å². The van der Waals surface area contributed by atoms with Crippen molar-refractivity contribution in [3.8, 4) is 0 Å². The van der Waals surface area contributed by atoms with Crippen LogP contribution in [0.5, 0.6) is 0 Å². The quantitative estimate of drug-likeness (QED) is 0.809. The SMILES string of the molecule is Cc1n[nH]c(C)c1S(=O)(=O)N1CCC(Nc2cc(C(F)(F)F)ncn2)CC1. The minimum absolute atomic E-state index is 0.0696. The topological polar surface area (TPSA) is 104 Å². The molecule has 27 heavy (non-hydrogen) atoms. The van der Waals surface area contributed by atoms with E-state index in [1.54, 1.807) is 13.8 Å². The molecule has 0 saturated carbocycles. The van der Waals surface area contributed by atoms with Crippen LogP contribution in [0.4, 0.5) is 19.0 Å². The monoisotopic (exact) mass is 404 g/mol. The molecule has 0 bridgehead atoms. The summed E-state index contributed by atoms with van der Waals surface area (Å²) in [7, 11) is -3.66. The van der Waals surface area contributed by atoms with Gasteiger partial charge in [-0.1, -0.05) is 0 Å². The molecular weight excluding hydrogens is 385 g/mol. The number of piperidine rings is 1. The average molecular weight is 404 g/mol. The van der Waals surface area contributed by atoms with Gasteiger partial charge in [0, 0.05) is 25.2 Å². The molecule has 1 saturated heterocycles. The molecule has 1 aliphatic rings. The van der Waals surface area contributed by atoms with Crippen LogP contribution < -0.4 is 5.32 Å². The van der Waals surface area contributed by atoms with Crippen LogP contribution in [0.15, 0.2) is 17.3 Å². The number of alkyl halides is 3. The lowest BCUT2D eigenvalue weighted by atomic mass is 10.1. The van der Waals surface area contributed by atoms with Crippen LogP contribution in [0.2, 0.25) is 0 Å². The molecule has 148 valence electrons. The summed E-state index contributed by atoms with van der Waals surface area (Å²) in [5.74, 6) is 0.0696. The first-order valence-corrected chi connectivity index (χ1v) is 9.70. The van der Waals surface area contributed by atoms with E-state index >= 15 is 0 Å². The second kappa shape index (κ2) is 7.08. The van der Waals surface area contributed by atoms with E-state index in [1.807, 2.05) is 0 Å². The number of nitrogens with one attached hydrogen (secondary N) is 2. The normalized spacial score (nSPS) is 17.2. The number of halogens is 3. The van der Waals surface area contributed by atoms with Crippen molar-refractivity contribution in [2.75, 3.05) is 18.4 Å². The summed E-state index contributed by atoms with van der Waals surface area (Å²) in [6, 6.07) is 0.667. The highest BCUT2D eigenvalue weighted by atomic mass is 32.2. The maximum absolute atomic E-state index is 12.8. The summed E-state index contributed by atoms with van der Waals surface area (Å²) in [5, 5.41) is 9.53. The fourth-order valence-corrected chi connectivity index (χ4v) is 4.89. The average Bonchev–Trinajstić information content (AvgIpc) is 2.94. The zero-order valence-electron chi connectivity index (χ0n) is 14.7. The van der Waals surface area contributed by atoms with Gasteiger partial charge >= 0.3 is 6.18 Å². The van der Waals surface area contributed by atoms with Crippen molar-refractivity contribution in [2.24, 2.45) is 0 Å². The lowest BCUT2D eigenvalue weighted by Gasteiger charge is -2.31. The maximum Gasteiger partial charge on any atom is 0.433 e. The van der Waals surface area contributed by atoms with Gasteiger partial charge in [0.15, 0.2) is 0 Å². The minimum atomic E-state index is -4.54. The van der Waals surface area contributed by atoms with Crippen molar-refractivity contribution in [1.29, 1.82) is 0 Å². The molecule has 2 aromatic heterocycles. The predicted molar refractivity (Wildman–Crippen MR) is 90.5 cm³/mol. The highest BCUT2D eigenvalue weighted by Gasteiger charge is 2.34. The first-order chi connectivity index (χ1) is 12.6. The second-order valence-electron chi connectivity index (χ2n) is 6.37. The van der Waals surface area contributed by atoms with Crippen molar-refractivity contribution in [2.45, 2.75) is 43.8 Å². The number of aromatic amines is 1. The molecular formula is C15H19F3N6O2S. The number of aromatic nitrogens is 4. The molecule has 0 unspecified atom stereocenters. The molecule has 0 atom stereocenters. The van der Waals surface area contributed by atoms with Gasteiger partial charge in [-0.3, -0.25) is 5.10 Å². The Balaban J connectivity index is 1.66. The van der Waals surface area contributed by atoms with Gasteiger partial charge in [-0.05, 0) is 26.7 Å². The van der Waals surface area contributed by atoms with Crippen LogP contribution >= 0.6 is 0 Å². The van der Waals surface area contributed by atoms with Crippen molar-refractivity contribution < 1.29 is 21.6 Å². The Bertz CT molecular complexity index is 900. The highest BCUT2D eigenvalue weighted by Crippen LogP contribution is 2.29. The van der Waals surface area contributed by atoms with Gasteiger partial charge in [0.05, 0.1) is 11.4 Å². The molecule has 8 nitrogen and oxygen atoms in total. The van der Waals surface area contributed by atoms with Gasteiger partial charge in [-0.15, -0.1) is 0 Å². The van der Waals surface area contributed by atoms with Crippen LogP contribution in [-0.2, 0) is 16.2 Å². The van der Waals surface area contributed by atoms with Gasteiger partial charge in [0.1, 0.15) is 22.7 Å². The van der Waals surface area contributed by atoms with E-state index in [0.717, 1.165) is 12.4 Å². The third kappa shape index (κ3) is 4.05. The molecule has 3 rings (SSSR count). The Morgan fingerprint density at radius 3 is 2.44 bits per heavy atom. The number of nitrogens with zero attached hydrogens (tertiary/aromatic N) is 4. The van der Waals surface area contributed by atoms with Crippen LogP contribution in [0.3, 0.4) is 0 Å². The third-order valence-electron chi connectivity index (χ3n) is 4.42. The number of H-pyrrole nitrogens is 1. The van der Waals surface area contributed by atoms with Crippen molar-refractivity contribution in [3.05, 3.63) is 29.5 Å². The molecule has 2 N–H and O–H groups in total. The largest absolute Gasteiger partial charge is 0.433 e. The fraction of sp³-hybridized carbons (Fsp3) is 0.533. The number of hydrogen-bond acceptors (Lipinski definition) is 6. The smallest absolute Gasteiger partial charge is 0.367 e. The minimum Gasteiger partial charge on any atom is -0.367 e. The molecule has 12 heteroatoms. The Kier molecular flexibility index (Phi) is 5.12. The molecule has 2 aromatic rings. The summed E-state index contributed by atoms with van der Waals surface area (Å²) in [6.45, 7) is 3.77. The Morgan fingerprint density at radius 1 is 1.22 bits per heavy atom. The molecule has 0 spiro atoms. The Labute approximate surface area is 154 Å². The second-order valence-corrected chi connectivity index (χ2v) is 8.25. The molecule has 0 aliphatic carbocycles. The number of hydrogen-bond donors (Lipinski definition) is 2. The van der Waals surface area contributed by atoms with Gasteiger partial charge in [0.2, 0.25) is 10.0 Å². The zero-order valence-corrected chi connectivity index (χ0v) is 15.5. The van der Waals surface area contributed by atoms with Crippen LogP contribution in [0.1, 0.15) is 29.9 Å². The molecule has 1 aliphatic heterocycles. The van der Waals surface area contributed by atoms with E-state index in [9.17, 15) is 21.6 Å². The lowest BCUT2D eigenvalue weighted by Crippen LogP contribution is -2.42. The van der Waals surface area contributed by atoms with Crippen LogP contribution in [0.25, 0.3) is 0 Å². The summed E-state index contributed by atoms with van der Waals surface area (Å²) in [6.07, 6.45) is -2.80. The van der Waals surface area contributed by atoms with E-state index in [-0.39, 0.29) is 29.8 Å². The molecule has 0 amide bonds. The molecule has 0 aromatic carbocycles. The van der Waals surface area contributed by atoms with E-state index in [1.165, 1.54) is 4.31 Å². The predicted octanol–water partition coefficient (Wildman–Crippen LogP) is 2.10. The Morgan fingerprint density at radius 2 is 1.89 bits per heavy atom. The van der Waals surface area contributed by atoms with Crippen molar-refractivity contribution >= 4 is 15.8 Å². The molecule has 1 fully saturated rings. The lowest BCUT2D eigenvalue weighted by molar-refractivity contribution is -0.141. The highest BCUT2D eigenvalue weighted by molar-refractivity contribution is 7.89. The first kappa shape index (κ1) is 19.5. The van der Waals surface area contributed by atoms with Crippen LogP contribution in [0, 0.1) is 13.8 Å². The standard InChI is InChI=1S/C15H19F3N6O2S/c1-9-14(10(2)23-22-9)27(25,26)24-5-3-11(4-6-24)21-13-7-12(15(16,17)18)19-8-20-13/h7-8,11H,3-6H2,1-2H3,(H,22,23)(H,19,20,21). The molecule has 3 heterocycles. The maximum atomic E-state index is 12.8. The number of sulfonamides is 1. The third-order valence-corrected chi connectivity index (χ3v) is 6.58. The summed E-state index contributed by atoms with van der Waals surface area (Å²) in [4.78, 5) is 7.21. The summed E-state index contributed by atoms with van der Waals surface area (Å²) < 4.78 is 65.2. The van der Waals surface area contributed by atoms with Gasteiger partial charge in [-0.25, -0.2) is 18.4 Å². The Hall–Kier alpha value is -2.21. The molecule has 0 radical (unpaired) electrons. The zero-order chi connectivity index (χ0) is 19.8. The fourth-order valence-electron chi connectivity index (χ4n) is 3.09. The number of rotatable bonds is 4.